The maximum Gasteiger partial charge on any atom is 0.337 e. The normalized spacial score (nSPS) is 15.5. The van der Waals surface area contributed by atoms with E-state index < -0.39 is 17.6 Å². The van der Waals surface area contributed by atoms with Gasteiger partial charge in [-0.25, -0.2) is 13.6 Å². The fraction of sp³-hybridized carbons (Fsp3) is 0.167. The molecule has 0 saturated heterocycles. The number of halogens is 2. The van der Waals surface area contributed by atoms with Crippen molar-refractivity contribution in [1.29, 1.82) is 0 Å². The number of nitrogens with zero attached hydrogens (tertiary/aromatic N) is 1. The number of aromatic carboxylic acids is 1. The van der Waals surface area contributed by atoms with Gasteiger partial charge in [0, 0.05) is 18.2 Å². The Bertz CT molecular complexity index is 1150. The molecule has 1 atom stereocenters. The Morgan fingerprint density at radius 1 is 1.19 bits per heavy atom. The molecule has 31 heavy (non-hydrogen) atoms. The summed E-state index contributed by atoms with van der Waals surface area (Å²) in [6.07, 6.45) is 9.45. The highest BCUT2D eigenvalue weighted by atomic mass is 19.1. The summed E-state index contributed by atoms with van der Waals surface area (Å²) < 4.78 is 32.6. The molecule has 0 aliphatic heterocycles. The van der Waals surface area contributed by atoms with E-state index in [1.165, 1.54) is 24.5 Å². The quantitative estimate of drug-likeness (QED) is 0.518. The molecule has 0 spiro atoms. The average Bonchev–Trinajstić information content (AvgIpc) is 2.76. The number of hydrogen-bond donors (Lipinski definition) is 2. The number of hydrogen-bond acceptors (Lipinski definition) is 4. The van der Waals surface area contributed by atoms with E-state index in [2.05, 4.69) is 10.3 Å². The van der Waals surface area contributed by atoms with Crippen molar-refractivity contribution in [3.8, 4) is 11.5 Å². The molecular formula is C24H20F2N2O3. The number of pyridine rings is 1. The van der Waals surface area contributed by atoms with Gasteiger partial charge in [-0.3, -0.25) is 4.98 Å². The van der Waals surface area contributed by atoms with Crippen molar-refractivity contribution in [2.45, 2.75) is 25.2 Å². The van der Waals surface area contributed by atoms with E-state index in [1.54, 1.807) is 12.3 Å². The van der Waals surface area contributed by atoms with Crippen LogP contribution in [-0.2, 0) is 6.42 Å². The zero-order valence-electron chi connectivity index (χ0n) is 16.5. The summed E-state index contributed by atoms with van der Waals surface area (Å²) in [5, 5.41) is 12.3. The van der Waals surface area contributed by atoms with Crippen LogP contribution in [0.2, 0.25) is 0 Å². The Hall–Kier alpha value is -3.74. The zero-order chi connectivity index (χ0) is 21.8. The van der Waals surface area contributed by atoms with Gasteiger partial charge in [-0.1, -0.05) is 12.1 Å². The molecule has 2 aromatic carbocycles. The van der Waals surface area contributed by atoms with Gasteiger partial charge < -0.3 is 15.2 Å². The zero-order valence-corrected chi connectivity index (χ0v) is 16.5. The van der Waals surface area contributed by atoms with Crippen LogP contribution in [0.3, 0.4) is 0 Å². The van der Waals surface area contributed by atoms with E-state index in [-0.39, 0.29) is 17.2 Å². The van der Waals surface area contributed by atoms with Gasteiger partial charge in [0.1, 0.15) is 11.6 Å². The van der Waals surface area contributed by atoms with Gasteiger partial charge in [0.15, 0.2) is 11.6 Å². The standard InChI is InChI=1S/C24H20F2N2O3/c25-17-4-7-23(21(26)13-17)31-18-5-6-19-15(2-1-3-16(19)12-18)8-11-28-22-14-27-10-9-20(22)24(29)30/h4-15,28H,1-3H2,(H,29,30)/b11-8+. The van der Waals surface area contributed by atoms with Gasteiger partial charge >= 0.3 is 5.97 Å². The fourth-order valence-electron chi connectivity index (χ4n) is 3.73. The molecule has 0 bridgehead atoms. The van der Waals surface area contributed by atoms with Gasteiger partial charge in [-0.05, 0) is 66.9 Å². The van der Waals surface area contributed by atoms with Crippen molar-refractivity contribution in [2.75, 3.05) is 5.32 Å². The van der Waals surface area contributed by atoms with Crippen LogP contribution in [0.1, 0.15) is 40.2 Å². The second kappa shape index (κ2) is 8.95. The predicted octanol–water partition coefficient (Wildman–Crippen LogP) is 5.90. The van der Waals surface area contributed by atoms with Crippen LogP contribution in [0.4, 0.5) is 14.5 Å². The molecule has 158 valence electrons. The van der Waals surface area contributed by atoms with E-state index in [0.29, 0.717) is 11.4 Å². The van der Waals surface area contributed by atoms with E-state index in [0.717, 1.165) is 42.5 Å². The summed E-state index contributed by atoms with van der Waals surface area (Å²) in [4.78, 5) is 15.3. The summed E-state index contributed by atoms with van der Waals surface area (Å²) in [6, 6.07) is 10.3. The number of anilines is 1. The Morgan fingerprint density at radius 3 is 2.87 bits per heavy atom. The first-order valence-electron chi connectivity index (χ1n) is 9.87. The second-order valence-corrected chi connectivity index (χ2v) is 7.27. The maximum atomic E-state index is 13.9. The second-order valence-electron chi connectivity index (χ2n) is 7.27. The first kappa shape index (κ1) is 20.5. The van der Waals surface area contributed by atoms with Crippen LogP contribution < -0.4 is 10.1 Å². The van der Waals surface area contributed by atoms with Crippen LogP contribution in [-0.4, -0.2) is 16.1 Å². The van der Waals surface area contributed by atoms with Crippen LogP contribution in [0.25, 0.3) is 0 Å². The SMILES string of the molecule is O=C(O)c1ccncc1N/C=C/C1CCCc2cc(Oc3ccc(F)cc3F)ccc21. The third-order valence-electron chi connectivity index (χ3n) is 5.22. The molecule has 0 radical (unpaired) electrons. The molecule has 3 aromatic rings. The van der Waals surface area contributed by atoms with Gasteiger partial charge in [0.05, 0.1) is 17.4 Å². The molecule has 1 aliphatic carbocycles. The summed E-state index contributed by atoms with van der Waals surface area (Å²) in [5.41, 5.74) is 2.82. The summed E-state index contributed by atoms with van der Waals surface area (Å²) in [6.45, 7) is 0. The lowest BCUT2D eigenvalue weighted by Crippen LogP contribution is -2.09. The monoisotopic (exact) mass is 422 g/mol. The highest BCUT2D eigenvalue weighted by molar-refractivity contribution is 5.94. The molecule has 0 saturated carbocycles. The van der Waals surface area contributed by atoms with E-state index in [9.17, 15) is 18.7 Å². The third-order valence-corrected chi connectivity index (χ3v) is 5.22. The van der Waals surface area contributed by atoms with Gasteiger partial charge in [0.25, 0.3) is 0 Å². The molecule has 0 fully saturated rings. The lowest BCUT2D eigenvalue weighted by atomic mass is 9.83. The summed E-state index contributed by atoms with van der Waals surface area (Å²) in [7, 11) is 0. The molecule has 1 aliphatic rings. The number of nitrogens with one attached hydrogen (secondary N) is 1. The minimum atomic E-state index is -1.02. The number of aromatic nitrogens is 1. The number of aryl methyl sites for hydroxylation is 1. The predicted molar refractivity (Wildman–Crippen MR) is 113 cm³/mol. The number of benzene rings is 2. The van der Waals surface area contributed by atoms with Crippen molar-refractivity contribution in [2.24, 2.45) is 0 Å². The highest BCUT2D eigenvalue weighted by Gasteiger charge is 2.19. The van der Waals surface area contributed by atoms with Crippen LogP contribution in [0.5, 0.6) is 11.5 Å². The van der Waals surface area contributed by atoms with Crippen LogP contribution in [0.15, 0.2) is 67.1 Å². The van der Waals surface area contributed by atoms with E-state index >= 15 is 0 Å². The van der Waals surface area contributed by atoms with Crippen molar-refractivity contribution in [1.82, 2.24) is 4.98 Å². The van der Waals surface area contributed by atoms with Crippen molar-refractivity contribution >= 4 is 11.7 Å². The smallest absolute Gasteiger partial charge is 0.337 e. The molecule has 2 N–H and O–H groups in total. The Labute approximate surface area is 178 Å². The lowest BCUT2D eigenvalue weighted by Gasteiger charge is -2.24. The first-order chi connectivity index (χ1) is 15.0. The highest BCUT2D eigenvalue weighted by Crippen LogP contribution is 2.36. The summed E-state index contributed by atoms with van der Waals surface area (Å²) in [5.74, 6) is -1.80. The minimum Gasteiger partial charge on any atom is -0.478 e. The molecule has 1 aromatic heterocycles. The van der Waals surface area contributed by atoms with Crippen molar-refractivity contribution < 1.29 is 23.4 Å². The molecular weight excluding hydrogens is 402 g/mol. The third kappa shape index (κ3) is 4.71. The Morgan fingerprint density at radius 2 is 2.06 bits per heavy atom. The number of fused-ring (bicyclic) bond motifs is 1. The number of carboxylic acids is 1. The number of rotatable bonds is 6. The molecule has 5 nitrogen and oxygen atoms in total. The van der Waals surface area contributed by atoms with E-state index in [1.807, 2.05) is 18.2 Å². The van der Waals surface area contributed by atoms with Crippen molar-refractivity contribution in [3.63, 3.8) is 0 Å². The Kier molecular flexibility index (Phi) is 5.93. The topological polar surface area (TPSA) is 71.5 Å². The van der Waals surface area contributed by atoms with Gasteiger partial charge in [-0.15, -0.1) is 0 Å². The molecule has 7 heteroatoms. The Balaban J connectivity index is 1.49. The first-order valence-corrected chi connectivity index (χ1v) is 9.87. The number of allylic oxidation sites excluding steroid dienone is 1. The molecule has 1 heterocycles. The lowest BCUT2D eigenvalue weighted by molar-refractivity contribution is 0.0698. The van der Waals surface area contributed by atoms with E-state index in [4.69, 9.17) is 4.74 Å². The van der Waals surface area contributed by atoms with Gasteiger partial charge in [0.2, 0.25) is 0 Å². The largest absolute Gasteiger partial charge is 0.478 e. The molecule has 4 rings (SSSR count). The number of ether oxygens (including phenoxy) is 1. The van der Waals surface area contributed by atoms with Crippen LogP contribution >= 0.6 is 0 Å². The van der Waals surface area contributed by atoms with Crippen LogP contribution in [0, 0.1) is 11.6 Å². The molecule has 0 amide bonds. The number of carbonyl (C=O) groups is 1. The summed E-state index contributed by atoms with van der Waals surface area (Å²) >= 11 is 0. The van der Waals surface area contributed by atoms with Gasteiger partial charge in [-0.2, -0.15) is 0 Å². The molecule has 1 unspecified atom stereocenters. The fourth-order valence-corrected chi connectivity index (χ4v) is 3.73. The number of carboxylic acid groups (broad SMARTS) is 1. The minimum absolute atomic E-state index is 0.0245. The van der Waals surface area contributed by atoms with Crippen molar-refractivity contribution in [3.05, 3.63) is 95.5 Å². The average molecular weight is 422 g/mol. The maximum absolute atomic E-state index is 13.9.